The molecule has 0 radical (unpaired) electrons. The minimum absolute atomic E-state index is 0.115. The smallest absolute Gasteiger partial charge is 0.234 e. The molecule has 0 amide bonds. The summed E-state index contributed by atoms with van der Waals surface area (Å²) < 4.78 is 11.6. The van der Waals surface area contributed by atoms with Gasteiger partial charge < -0.3 is 14.8 Å². The molecule has 5 nitrogen and oxygen atoms in total. The van der Waals surface area contributed by atoms with Crippen LogP contribution in [0.5, 0.6) is 5.88 Å². The molecule has 3 aliphatic rings. The molecule has 1 aliphatic heterocycles. The number of rotatable bonds is 4. The third kappa shape index (κ3) is 2.01. The molecule has 1 N–H and O–H groups in total. The molecule has 1 aromatic heterocycles. The normalized spacial score (nSPS) is 32.4. The molecule has 0 bridgehead atoms. The predicted molar refractivity (Wildman–Crippen MR) is 79.3 cm³/mol. The van der Waals surface area contributed by atoms with E-state index in [1.807, 2.05) is 13.8 Å². The Labute approximate surface area is 125 Å². The summed E-state index contributed by atoms with van der Waals surface area (Å²) in [6.45, 7) is 4.91. The fourth-order valence-corrected chi connectivity index (χ4v) is 4.33. The van der Waals surface area contributed by atoms with Gasteiger partial charge in [0, 0.05) is 24.0 Å². The van der Waals surface area contributed by atoms with Crippen molar-refractivity contribution in [2.75, 3.05) is 11.9 Å². The van der Waals surface area contributed by atoms with Gasteiger partial charge in [0.05, 0.1) is 24.6 Å². The maximum atomic E-state index is 5.95. The van der Waals surface area contributed by atoms with Crippen molar-refractivity contribution in [3.05, 3.63) is 12.4 Å². The van der Waals surface area contributed by atoms with Crippen molar-refractivity contribution in [3.63, 3.8) is 0 Å². The first-order valence-electron chi connectivity index (χ1n) is 8.06. The van der Waals surface area contributed by atoms with Gasteiger partial charge in [-0.25, -0.2) is 0 Å². The number of hydrogen-bond acceptors (Lipinski definition) is 5. The zero-order valence-electron chi connectivity index (χ0n) is 12.7. The van der Waals surface area contributed by atoms with E-state index >= 15 is 0 Å². The summed E-state index contributed by atoms with van der Waals surface area (Å²) in [5.74, 6) is 2.06. The Morgan fingerprint density at radius 3 is 2.95 bits per heavy atom. The van der Waals surface area contributed by atoms with Crippen LogP contribution in [0.4, 0.5) is 5.82 Å². The first-order valence-corrected chi connectivity index (χ1v) is 8.06. The highest BCUT2D eigenvalue weighted by atomic mass is 16.5. The van der Waals surface area contributed by atoms with Gasteiger partial charge in [0.15, 0.2) is 0 Å². The summed E-state index contributed by atoms with van der Waals surface area (Å²) in [5, 5.41) is 3.62. The second-order valence-electron chi connectivity index (χ2n) is 6.86. The maximum Gasteiger partial charge on any atom is 0.234 e. The Morgan fingerprint density at radius 2 is 2.24 bits per heavy atom. The number of aromatic nitrogens is 2. The third-order valence-corrected chi connectivity index (χ3v) is 5.31. The molecular weight excluding hydrogens is 266 g/mol. The lowest BCUT2D eigenvalue weighted by Gasteiger charge is -2.63. The lowest BCUT2D eigenvalue weighted by molar-refractivity contribution is -0.158. The number of nitrogens with one attached hydrogen (secondary N) is 1. The fourth-order valence-electron chi connectivity index (χ4n) is 4.33. The van der Waals surface area contributed by atoms with Gasteiger partial charge in [0.2, 0.25) is 5.88 Å². The molecule has 1 aromatic rings. The van der Waals surface area contributed by atoms with E-state index in [9.17, 15) is 0 Å². The molecular formula is C16H23N3O2. The summed E-state index contributed by atoms with van der Waals surface area (Å²) >= 11 is 0. The van der Waals surface area contributed by atoms with Crippen LogP contribution in [0.25, 0.3) is 0 Å². The highest BCUT2D eigenvalue weighted by molar-refractivity contribution is 5.39. The van der Waals surface area contributed by atoms with E-state index in [-0.39, 0.29) is 6.10 Å². The first kappa shape index (κ1) is 13.3. The van der Waals surface area contributed by atoms with Crippen molar-refractivity contribution in [2.24, 2.45) is 11.3 Å². The molecule has 4 rings (SSSR count). The zero-order valence-corrected chi connectivity index (χ0v) is 12.7. The van der Waals surface area contributed by atoms with Crippen LogP contribution >= 0.6 is 0 Å². The van der Waals surface area contributed by atoms with Crippen LogP contribution in [-0.2, 0) is 4.74 Å². The van der Waals surface area contributed by atoms with Crippen LogP contribution in [0, 0.1) is 11.3 Å². The Balaban J connectivity index is 1.50. The summed E-state index contributed by atoms with van der Waals surface area (Å²) in [4.78, 5) is 8.78. The maximum absolute atomic E-state index is 5.95. The van der Waals surface area contributed by atoms with Crippen LogP contribution in [-0.4, -0.2) is 34.8 Å². The van der Waals surface area contributed by atoms with Gasteiger partial charge in [-0.2, -0.15) is 4.98 Å². The van der Waals surface area contributed by atoms with Gasteiger partial charge >= 0.3 is 0 Å². The molecule has 2 aliphatic carbocycles. The van der Waals surface area contributed by atoms with E-state index in [0.29, 0.717) is 29.4 Å². The predicted octanol–water partition coefficient (Wildman–Crippen LogP) is 2.63. The lowest BCUT2D eigenvalue weighted by Crippen LogP contribution is -2.68. The van der Waals surface area contributed by atoms with Crippen molar-refractivity contribution in [3.8, 4) is 5.88 Å². The van der Waals surface area contributed by atoms with Gasteiger partial charge in [-0.05, 0) is 33.1 Å². The summed E-state index contributed by atoms with van der Waals surface area (Å²) in [6.07, 6.45) is 9.11. The number of ether oxygens (including phenoxy) is 2. The van der Waals surface area contributed by atoms with Crippen molar-refractivity contribution < 1.29 is 9.47 Å². The average Bonchev–Trinajstić information content (AvgIpc) is 2.79. The Morgan fingerprint density at radius 1 is 1.38 bits per heavy atom. The van der Waals surface area contributed by atoms with Crippen LogP contribution in [0.2, 0.25) is 0 Å². The molecule has 3 atom stereocenters. The molecule has 3 fully saturated rings. The van der Waals surface area contributed by atoms with Gasteiger partial charge in [0.1, 0.15) is 5.82 Å². The fraction of sp³-hybridized carbons (Fsp3) is 0.750. The summed E-state index contributed by atoms with van der Waals surface area (Å²) in [7, 11) is 0. The molecule has 1 saturated heterocycles. The van der Waals surface area contributed by atoms with Gasteiger partial charge in [-0.15, -0.1) is 0 Å². The second kappa shape index (κ2) is 4.83. The standard InChI is InChI=1S/C16H23N3O2/c1-10(2)21-13-9-17-8-12(18-13)19-14-11-4-7-20-15(11)16(14)5-3-6-16/h8-11,14-15H,3-7H2,1-2H3,(H,18,19)/t11-,14+,15+/m0/s1. The molecule has 114 valence electrons. The van der Waals surface area contributed by atoms with E-state index < -0.39 is 0 Å². The van der Waals surface area contributed by atoms with E-state index in [2.05, 4.69) is 15.3 Å². The molecule has 0 aromatic carbocycles. The average molecular weight is 289 g/mol. The highest BCUT2D eigenvalue weighted by Crippen LogP contribution is 2.63. The zero-order chi connectivity index (χ0) is 14.4. The van der Waals surface area contributed by atoms with E-state index in [1.165, 1.54) is 25.7 Å². The van der Waals surface area contributed by atoms with Gasteiger partial charge in [-0.3, -0.25) is 4.98 Å². The Hall–Kier alpha value is -1.36. The largest absolute Gasteiger partial charge is 0.474 e. The SMILES string of the molecule is CC(C)Oc1cncc(N[C@@H]2[C@@H]3CCO[C@H]3C23CCC3)n1. The number of anilines is 1. The topological polar surface area (TPSA) is 56.3 Å². The Bertz CT molecular complexity index is 530. The molecule has 2 heterocycles. The van der Waals surface area contributed by atoms with Gasteiger partial charge in [0.25, 0.3) is 0 Å². The second-order valence-corrected chi connectivity index (χ2v) is 6.86. The highest BCUT2D eigenvalue weighted by Gasteiger charge is 2.66. The van der Waals surface area contributed by atoms with Crippen LogP contribution in [0.3, 0.4) is 0 Å². The molecule has 0 unspecified atom stereocenters. The summed E-state index contributed by atoms with van der Waals surface area (Å²) in [6, 6.07) is 0.488. The van der Waals surface area contributed by atoms with Crippen LogP contribution in [0.1, 0.15) is 39.5 Å². The Kier molecular flexibility index (Phi) is 3.06. The number of hydrogen-bond donors (Lipinski definition) is 1. The van der Waals surface area contributed by atoms with Crippen molar-refractivity contribution in [1.82, 2.24) is 9.97 Å². The minimum Gasteiger partial charge on any atom is -0.474 e. The van der Waals surface area contributed by atoms with E-state index in [1.54, 1.807) is 12.4 Å². The lowest BCUT2D eigenvalue weighted by atomic mass is 9.46. The number of fused-ring (bicyclic) bond motifs is 2. The quantitative estimate of drug-likeness (QED) is 0.923. The number of nitrogens with zero attached hydrogens (tertiary/aromatic N) is 2. The molecule has 2 saturated carbocycles. The van der Waals surface area contributed by atoms with Crippen LogP contribution < -0.4 is 10.1 Å². The monoisotopic (exact) mass is 289 g/mol. The molecule has 1 spiro atoms. The van der Waals surface area contributed by atoms with Crippen molar-refractivity contribution >= 4 is 5.82 Å². The van der Waals surface area contributed by atoms with E-state index in [4.69, 9.17) is 9.47 Å². The minimum atomic E-state index is 0.115. The van der Waals surface area contributed by atoms with E-state index in [0.717, 1.165) is 12.4 Å². The van der Waals surface area contributed by atoms with Crippen molar-refractivity contribution in [1.29, 1.82) is 0 Å². The molecule has 21 heavy (non-hydrogen) atoms. The van der Waals surface area contributed by atoms with Crippen molar-refractivity contribution in [2.45, 2.75) is 57.8 Å². The third-order valence-electron chi connectivity index (χ3n) is 5.31. The van der Waals surface area contributed by atoms with Crippen LogP contribution in [0.15, 0.2) is 12.4 Å². The summed E-state index contributed by atoms with van der Waals surface area (Å²) in [5.41, 5.74) is 0.359. The van der Waals surface area contributed by atoms with Gasteiger partial charge in [-0.1, -0.05) is 6.42 Å². The first-order chi connectivity index (χ1) is 10.2. The molecule has 5 heteroatoms.